The Balaban J connectivity index is 2.76. The molecule has 0 saturated heterocycles. The van der Waals surface area contributed by atoms with E-state index in [1.165, 1.54) is 29.2 Å². The van der Waals surface area contributed by atoms with Gasteiger partial charge < -0.3 is 26.0 Å². The first-order valence-corrected chi connectivity index (χ1v) is 9.15. The molecule has 0 radical (unpaired) electrons. The summed E-state index contributed by atoms with van der Waals surface area (Å²) in [5.74, 6) is -1.03. The summed E-state index contributed by atoms with van der Waals surface area (Å²) in [5.41, 5.74) is 0.672. The van der Waals surface area contributed by atoms with E-state index >= 15 is 0 Å². The Hall–Kier alpha value is -1.48. The smallest absolute Gasteiger partial charge is 0.335 e. The number of carbonyl (C=O) groups is 2. The van der Waals surface area contributed by atoms with Crippen molar-refractivity contribution in [2.45, 2.75) is 23.8 Å². The number of benzene rings is 1. The minimum absolute atomic E-state index is 0.0873. The highest BCUT2D eigenvalue weighted by molar-refractivity contribution is 7.80. The number of amides is 2. The molecule has 0 fully saturated rings. The Morgan fingerprint density at radius 1 is 1.15 bits per heavy atom. The number of thiocarbonyl (C=S) groups is 1. The molecule has 0 bridgehead atoms. The lowest BCUT2D eigenvalue weighted by Crippen LogP contribution is -2.58. The summed E-state index contributed by atoms with van der Waals surface area (Å²) in [6.07, 6.45) is -1.08. The van der Waals surface area contributed by atoms with Crippen LogP contribution in [-0.2, 0) is 0 Å². The van der Waals surface area contributed by atoms with E-state index < -0.39 is 22.0 Å². The first kappa shape index (κ1) is 22.6. The van der Waals surface area contributed by atoms with Gasteiger partial charge in [0.05, 0.1) is 5.56 Å². The second kappa shape index (κ2) is 10.0. The number of halogens is 3. The summed E-state index contributed by atoms with van der Waals surface area (Å²) in [6, 6.07) is 5.50. The van der Waals surface area contributed by atoms with E-state index in [9.17, 15) is 9.59 Å². The van der Waals surface area contributed by atoms with Crippen LogP contribution in [-0.4, -0.2) is 50.2 Å². The lowest BCUT2D eigenvalue weighted by molar-refractivity contribution is 0.0697. The van der Waals surface area contributed by atoms with Crippen LogP contribution in [0.5, 0.6) is 0 Å². The van der Waals surface area contributed by atoms with Gasteiger partial charge in [-0.3, -0.25) is 0 Å². The third-order valence-corrected chi connectivity index (χ3v) is 4.19. The van der Waals surface area contributed by atoms with E-state index in [4.69, 9.17) is 52.1 Å². The standard InChI is InChI=1S/C15H19Cl3N4O3S/c1-3-22(4-2)14(25)21-12(15(16,17)18)20-13(26)19-10-7-5-9(6-8-10)11(23)24/h5-8,12H,3-4H2,1-2H3,(H,21,25)(H,23,24)(H2,19,20,26)/t12-/m0/s1. The number of carboxylic acids is 1. The molecular weight excluding hydrogens is 423 g/mol. The first-order valence-electron chi connectivity index (χ1n) is 7.61. The van der Waals surface area contributed by atoms with Crippen molar-refractivity contribution in [1.29, 1.82) is 0 Å². The quantitative estimate of drug-likeness (QED) is 0.307. The highest BCUT2D eigenvalue weighted by Crippen LogP contribution is 2.29. The molecule has 0 aliphatic rings. The lowest BCUT2D eigenvalue weighted by atomic mass is 10.2. The molecule has 0 aromatic heterocycles. The second-order valence-corrected chi connectivity index (χ2v) is 7.85. The van der Waals surface area contributed by atoms with E-state index in [1.54, 1.807) is 0 Å². The fourth-order valence-electron chi connectivity index (χ4n) is 1.92. The van der Waals surface area contributed by atoms with Crippen molar-refractivity contribution in [1.82, 2.24) is 15.5 Å². The van der Waals surface area contributed by atoms with Gasteiger partial charge in [-0.05, 0) is 50.3 Å². The molecular formula is C15H19Cl3N4O3S. The Kier molecular flexibility index (Phi) is 8.69. The van der Waals surface area contributed by atoms with Crippen molar-refractivity contribution in [2.75, 3.05) is 18.4 Å². The average Bonchev–Trinajstić information content (AvgIpc) is 2.55. The fourth-order valence-corrected chi connectivity index (χ4v) is 2.48. The van der Waals surface area contributed by atoms with Crippen LogP contribution in [0, 0.1) is 0 Å². The van der Waals surface area contributed by atoms with Crippen LogP contribution in [0.1, 0.15) is 24.2 Å². The van der Waals surface area contributed by atoms with E-state index in [0.29, 0.717) is 18.8 Å². The number of anilines is 1. The topological polar surface area (TPSA) is 93.7 Å². The predicted molar refractivity (Wildman–Crippen MR) is 108 cm³/mol. The van der Waals surface area contributed by atoms with E-state index in [1.807, 2.05) is 13.8 Å². The Morgan fingerprint density at radius 2 is 1.69 bits per heavy atom. The molecule has 0 aliphatic carbocycles. The molecule has 26 heavy (non-hydrogen) atoms. The number of carbonyl (C=O) groups excluding carboxylic acids is 1. The number of alkyl halides is 3. The number of hydrogen-bond donors (Lipinski definition) is 4. The van der Waals surface area contributed by atoms with Crippen molar-refractivity contribution in [3.8, 4) is 0 Å². The summed E-state index contributed by atoms with van der Waals surface area (Å²) < 4.78 is -1.86. The second-order valence-electron chi connectivity index (χ2n) is 5.08. The molecule has 1 aromatic carbocycles. The van der Waals surface area contributed by atoms with E-state index in [2.05, 4.69) is 16.0 Å². The van der Waals surface area contributed by atoms with Gasteiger partial charge in [0.15, 0.2) is 11.3 Å². The molecule has 144 valence electrons. The van der Waals surface area contributed by atoms with E-state index in [-0.39, 0.29) is 10.7 Å². The van der Waals surface area contributed by atoms with Gasteiger partial charge in [-0.25, -0.2) is 9.59 Å². The van der Waals surface area contributed by atoms with Crippen molar-refractivity contribution in [3.05, 3.63) is 29.8 Å². The fraction of sp³-hybridized carbons (Fsp3) is 0.400. The van der Waals surface area contributed by atoms with Gasteiger partial charge >= 0.3 is 12.0 Å². The van der Waals surface area contributed by atoms with Gasteiger partial charge in [0.1, 0.15) is 0 Å². The third-order valence-electron chi connectivity index (χ3n) is 3.31. The Labute approximate surface area is 172 Å². The Bertz CT molecular complexity index is 649. The predicted octanol–water partition coefficient (Wildman–Crippen LogP) is 3.42. The van der Waals surface area contributed by atoms with Crippen molar-refractivity contribution in [2.24, 2.45) is 0 Å². The molecule has 2 amide bonds. The van der Waals surface area contributed by atoms with E-state index in [0.717, 1.165) is 0 Å². The molecule has 1 atom stereocenters. The van der Waals surface area contributed by atoms with Gasteiger partial charge in [0.25, 0.3) is 0 Å². The maximum absolute atomic E-state index is 12.2. The SMILES string of the molecule is CCN(CC)C(=O)N[C@H](NC(=S)Nc1ccc(C(=O)O)cc1)C(Cl)(Cl)Cl. The van der Waals surface area contributed by atoms with Crippen LogP contribution in [0.2, 0.25) is 0 Å². The summed E-state index contributed by atoms with van der Waals surface area (Å²) in [5, 5.41) is 17.1. The minimum Gasteiger partial charge on any atom is -0.478 e. The summed E-state index contributed by atoms with van der Waals surface area (Å²) in [4.78, 5) is 24.6. The molecule has 0 unspecified atom stereocenters. The van der Waals surface area contributed by atoms with Gasteiger partial charge in [-0.1, -0.05) is 34.8 Å². The van der Waals surface area contributed by atoms with Crippen LogP contribution in [0.25, 0.3) is 0 Å². The number of nitrogens with zero attached hydrogens (tertiary/aromatic N) is 1. The van der Waals surface area contributed by atoms with Gasteiger partial charge in [-0.2, -0.15) is 0 Å². The molecule has 0 spiro atoms. The molecule has 0 saturated carbocycles. The van der Waals surface area contributed by atoms with Crippen molar-refractivity contribution >= 4 is 69.8 Å². The average molecular weight is 442 g/mol. The minimum atomic E-state index is -1.86. The van der Waals surface area contributed by atoms with Crippen LogP contribution in [0.15, 0.2) is 24.3 Å². The summed E-state index contributed by atoms with van der Waals surface area (Å²) in [7, 11) is 0. The summed E-state index contributed by atoms with van der Waals surface area (Å²) >= 11 is 22.9. The third kappa shape index (κ3) is 7.03. The maximum atomic E-state index is 12.2. The zero-order valence-corrected chi connectivity index (χ0v) is 17.1. The number of nitrogens with one attached hydrogen (secondary N) is 3. The van der Waals surface area contributed by atoms with Crippen molar-refractivity contribution < 1.29 is 14.7 Å². The highest BCUT2D eigenvalue weighted by Gasteiger charge is 2.35. The van der Waals surface area contributed by atoms with Crippen LogP contribution in [0.4, 0.5) is 10.5 Å². The van der Waals surface area contributed by atoms with Crippen molar-refractivity contribution in [3.63, 3.8) is 0 Å². The number of hydrogen-bond acceptors (Lipinski definition) is 3. The van der Waals surface area contributed by atoms with Gasteiger partial charge in [-0.15, -0.1) is 0 Å². The zero-order chi connectivity index (χ0) is 19.9. The normalized spacial score (nSPS) is 12.0. The largest absolute Gasteiger partial charge is 0.478 e. The van der Waals surface area contributed by atoms with Crippen LogP contribution >= 0.6 is 47.0 Å². The number of urea groups is 1. The monoisotopic (exact) mass is 440 g/mol. The van der Waals surface area contributed by atoms with Crippen LogP contribution in [0.3, 0.4) is 0 Å². The molecule has 0 aliphatic heterocycles. The molecule has 11 heteroatoms. The molecule has 1 rings (SSSR count). The molecule has 0 heterocycles. The molecule has 4 N–H and O–H groups in total. The van der Waals surface area contributed by atoms with Gasteiger partial charge in [0.2, 0.25) is 3.79 Å². The number of aromatic carboxylic acids is 1. The molecule has 7 nitrogen and oxygen atoms in total. The summed E-state index contributed by atoms with van der Waals surface area (Å²) in [6.45, 7) is 4.64. The Morgan fingerprint density at radius 3 is 2.12 bits per heavy atom. The zero-order valence-electron chi connectivity index (χ0n) is 14.1. The number of rotatable bonds is 6. The molecule has 1 aromatic rings. The lowest BCUT2D eigenvalue weighted by Gasteiger charge is -2.30. The first-order chi connectivity index (χ1) is 12.1. The van der Waals surface area contributed by atoms with Crippen LogP contribution < -0.4 is 16.0 Å². The maximum Gasteiger partial charge on any atom is 0.335 e. The number of carboxylic acid groups (broad SMARTS) is 1. The van der Waals surface area contributed by atoms with Gasteiger partial charge in [0, 0.05) is 18.8 Å². The highest BCUT2D eigenvalue weighted by atomic mass is 35.6.